The van der Waals surface area contributed by atoms with Crippen molar-refractivity contribution in [1.29, 1.82) is 0 Å². The van der Waals surface area contributed by atoms with Gasteiger partial charge in [-0.1, -0.05) is 24.0 Å². The summed E-state index contributed by atoms with van der Waals surface area (Å²) in [6, 6.07) is 8.84. The minimum atomic E-state index is -0.270. The topological polar surface area (TPSA) is 78.0 Å². The van der Waals surface area contributed by atoms with Crippen LogP contribution < -0.4 is 5.32 Å². The predicted molar refractivity (Wildman–Crippen MR) is 71.6 cm³/mol. The van der Waals surface area contributed by atoms with Gasteiger partial charge < -0.3 is 10.4 Å². The Hall–Kier alpha value is -2.58. The summed E-state index contributed by atoms with van der Waals surface area (Å²) in [5, 5.41) is 17.8. The maximum Gasteiger partial charge on any atom is 0.273 e. The first-order valence-electron chi connectivity index (χ1n) is 5.81. The van der Waals surface area contributed by atoms with E-state index in [2.05, 4.69) is 27.4 Å². The fourth-order valence-corrected chi connectivity index (χ4v) is 1.49. The number of aliphatic hydroxyl groups is 1. The van der Waals surface area contributed by atoms with Crippen LogP contribution in [0.15, 0.2) is 36.5 Å². The molecule has 0 spiro atoms. The minimum Gasteiger partial charge on any atom is -0.395 e. The van der Waals surface area contributed by atoms with Gasteiger partial charge in [0.05, 0.1) is 12.3 Å². The number of hydrogen-bond donors (Lipinski definition) is 3. The number of carbonyl (C=O) groups is 1. The lowest BCUT2D eigenvalue weighted by atomic mass is 10.1. The Bertz CT molecular complexity index is 609. The zero-order valence-electron chi connectivity index (χ0n) is 10.2. The van der Waals surface area contributed by atoms with Crippen LogP contribution >= 0.6 is 0 Å². The third-order valence-electron chi connectivity index (χ3n) is 2.38. The summed E-state index contributed by atoms with van der Waals surface area (Å²) in [6.07, 6.45) is 1.92. The van der Waals surface area contributed by atoms with Gasteiger partial charge in [0.1, 0.15) is 5.69 Å². The van der Waals surface area contributed by atoms with E-state index in [4.69, 9.17) is 5.11 Å². The zero-order chi connectivity index (χ0) is 13.5. The Morgan fingerprint density at radius 2 is 2.21 bits per heavy atom. The van der Waals surface area contributed by atoms with Crippen LogP contribution in [0, 0.1) is 11.8 Å². The van der Waals surface area contributed by atoms with Crippen LogP contribution in [0.25, 0.3) is 0 Å². The molecule has 0 aliphatic rings. The number of benzene rings is 1. The van der Waals surface area contributed by atoms with E-state index in [1.54, 1.807) is 12.1 Å². The normalized spacial score (nSPS) is 9.53. The first-order chi connectivity index (χ1) is 9.31. The van der Waals surface area contributed by atoms with Crippen molar-refractivity contribution in [1.82, 2.24) is 10.2 Å². The number of carbonyl (C=O) groups excluding carboxylic acids is 1. The fourth-order valence-electron chi connectivity index (χ4n) is 1.49. The highest BCUT2D eigenvalue weighted by atomic mass is 16.2. The van der Waals surface area contributed by atoms with E-state index in [1.807, 2.05) is 18.2 Å². The highest BCUT2D eigenvalue weighted by Gasteiger charge is 2.08. The Morgan fingerprint density at radius 1 is 1.37 bits per heavy atom. The second-order valence-electron chi connectivity index (χ2n) is 3.75. The Labute approximate surface area is 110 Å². The van der Waals surface area contributed by atoms with Gasteiger partial charge in [-0.25, -0.2) is 0 Å². The standard InChI is InChI=1S/C14H13N3O2/c18-10-4-3-6-11-5-1-2-7-12(11)16-14(19)13-8-9-15-17-13/h1-2,5,7-9,18H,4,10H2,(H,15,17)(H,16,19). The molecule has 1 aromatic heterocycles. The molecule has 3 N–H and O–H groups in total. The predicted octanol–water partition coefficient (Wildman–Crippen LogP) is 1.40. The molecular weight excluding hydrogens is 242 g/mol. The molecule has 0 aliphatic heterocycles. The number of aromatic nitrogens is 2. The van der Waals surface area contributed by atoms with Crippen molar-refractivity contribution in [2.45, 2.75) is 6.42 Å². The zero-order valence-corrected chi connectivity index (χ0v) is 10.2. The van der Waals surface area contributed by atoms with Crippen molar-refractivity contribution >= 4 is 11.6 Å². The van der Waals surface area contributed by atoms with E-state index >= 15 is 0 Å². The number of hydrogen-bond acceptors (Lipinski definition) is 3. The van der Waals surface area contributed by atoms with Gasteiger partial charge in [0.25, 0.3) is 5.91 Å². The molecule has 5 heteroatoms. The number of anilines is 1. The summed E-state index contributed by atoms with van der Waals surface area (Å²) in [6.45, 7) is 0.0235. The van der Waals surface area contributed by atoms with Crippen LogP contribution in [-0.2, 0) is 0 Å². The quantitative estimate of drug-likeness (QED) is 0.725. The summed E-state index contributed by atoms with van der Waals surface area (Å²) in [4.78, 5) is 11.9. The highest BCUT2D eigenvalue weighted by Crippen LogP contribution is 2.14. The van der Waals surface area contributed by atoms with Crippen LogP contribution in [0.1, 0.15) is 22.5 Å². The van der Waals surface area contributed by atoms with Crippen molar-refractivity contribution in [3.8, 4) is 11.8 Å². The third-order valence-corrected chi connectivity index (χ3v) is 2.38. The lowest BCUT2D eigenvalue weighted by Gasteiger charge is -2.05. The monoisotopic (exact) mass is 255 g/mol. The van der Waals surface area contributed by atoms with Crippen LogP contribution in [-0.4, -0.2) is 27.8 Å². The summed E-state index contributed by atoms with van der Waals surface area (Å²) in [5.41, 5.74) is 1.73. The molecule has 0 aliphatic carbocycles. The van der Waals surface area contributed by atoms with Gasteiger partial charge >= 0.3 is 0 Å². The van der Waals surface area contributed by atoms with Gasteiger partial charge in [-0.3, -0.25) is 9.89 Å². The van der Waals surface area contributed by atoms with Crippen molar-refractivity contribution < 1.29 is 9.90 Å². The minimum absolute atomic E-state index is 0.0235. The largest absolute Gasteiger partial charge is 0.395 e. The Morgan fingerprint density at radius 3 is 2.95 bits per heavy atom. The molecule has 19 heavy (non-hydrogen) atoms. The lowest BCUT2D eigenvalue weighted by Crippen LogP contribution is -2.13. The average molecular weight is 255 g/mol. The third kappa shape index (κ3) is 3.44. The van der Waals surface area contributed by atoms with Gasteiger partial charge in [0.15, 0.2) is 0 Å². The van der Waals surface area contributed by atoms with Crippen molar-refractivity contribution in [2.24, 2.45) is 0 Å². The molecule has 0 bridgehead atoms. The van der Waals surface area contributed by atoms with Gasteiger partial charge in [0.2, 0.25) is 0 Å². The van der Waals surface area contributed by atoms with Gasteiger partial charge in [0, 0.05) is 18.2 Å². The summed E-state index contributed by atoms with van der Waals surface area (Å²) in [5.74, 6) is 5.47. The van der Waals surface area contributed by atoms with E-state index in [0.717, 1.165) is 0 Å². The molecular formula is C14H13N3O2. The maximum absolute atomic E-state index is 11.9. The van der Waals surface area contributed by atoms with Crippen molar-refractivity contribution in [3.63, 3.8) is 0 Å². The van der Waals surface area contributed by atoms with Crippen LogP contribution in [0.5, 0.6) is 0 Å². The molecule has 0 atom stereocenters. The van der Waals surface area contributed by atoms with E-state index in [0.29, 0.717) is 23.4 Å². The first kappa shape index (κ1) is 12.9. The number of aromatic amines is 1. The Kier molecular flexibility index (Phi) is 4.32. The van der Waals surface area contributed by atoms with Crippen molar-refractivity contribution in [3.05, 3.63) is 47.8 Å². The first-order valence-corrected chi connectivity index (χ1v) is 5.81. The number of nitrogens with zero attached hydrogens (tertiary/aromatic N) is 1. The van der Waals surface area contributed by atoms with E-state index < -0.39 is 0 Å². The number of rotatable bonds is 3. The number of H-pyrrole nitrogens is 1. The van der Waals surface area contributed by atoms with E-state index in [9.17, 15) is 4.79 Å². The van der Waals surface area contributed by atoms with E-state index in [-0.39, 0.29) is 12.5 Å². The number of amides is 1. The molecule has 0 saturated carbocycles. The second-order valence-corrected chi connectivity index (χ2v) is 3.75. The van der Waals surface area contributed by atoms with Gasteiger partial charge in [-0.2, -0.15) is 5.10 Å². The lowest BCUT2D eigenvalue weighted by molar-refractivity contribution is 0.102. The molecule has 1 aromatic carbocycles. The number of para-hydroxylation sites is 1. The SMILES string of the molecule is O=C(Nc1ccccc1C#CCCO)c1ccn[nH]1. The smallest absolute Gasteiger partial charge is 0.273 e. The molecule has 0 saturated heterocycles. The summed E-state index contributed by atoms with van der Waals surface area (Å²) in [7, 11) is 0. The molecule has 0 radical (unpaired) electrons. The van der Waals surface area contributed by atoms with Crippen LogP contribution in [0.4, 0.5) is 5.69 Å². The second kappa shape index (κ2) is 6.38. The molecule has 2 rings (SSSR count). The van der Waals surface area contributed by atoms with Crippen LogP contribution in [0.3, 0.4) is 0 Å². The summed E-state index contributed by atoms with van der Waals surface area (Å²) >= 11 is 0. The van der Waals surface area contributed by atoms with Crippen molar-refractivity contribution in [2.75, 3.05) is 11.9 Å². The number of nitrogens with one attached hydrogen (secondary N) is 2. The molecule has 5 nitrogen and oxygen atoms in total. The van der Waals surface area contributed by atoms with Crippen LogP contribution in [0.2, 0.25) is 0 Å². The maximum atomic E-state index is 11.9. The molecule has 2 aromatic rings. The molecule has 1 amide bonds. The highest BCUT2D eigenvalue weighted by molar-refractivity contribution is 6.03. The molecule has 96 valence electrons. The molecule has 1 heterocycles. The van der Waals surface area contributed by atoms with Gasteiger partial charge in [-0.15, -0.1) is 0 Å². The molecule has 0 fully saturated rings. The summed E-state index contributed by atoms with van der Waals surface area (Å²) < 4.78 is 0. The number of aliphatic hydroxyl groups excluding tert-OH is 1. The fraction of sp³-hybridized carbons (Fsp3) is 0.143. The Balaban J connectivity index is 2.17. The molecule has 0 unspecified atom stereocenters. The van der Waals surface area contributed by atoms with E-state index in [1.165, 1.54) is 6.20 Å². The average Bonchev–Trinajstić information content (AvgIpc) is 2.95. The van der Waals surface area contributed by atoms with Gasteiger partial charge in [-0.05, 0) is 18.2 Å².